The minimum atomic E-state index is -0.965. The van der Waals surface area contributed by atoms with E-state index in [0.29, 0.717) is 23.3 Å². The van der Waals surface area contributed by atoms with Crippen molar-refractivity contribution >= 4 is 11.6 Å². The lowest BCUT2D eigenvalue weighted by Gasteiger charge is -2.54. The minimum absolute atomic E-state index is 0.00678. The number of rotatable bonds is 3. The Morgan fingerprint density at radius 3 is 2.37 bits per heavy atom. The van der Waals surface area contributed by atoms with Crippen molar-refractivity contribution in [3.05, 3.63) is 59.2 Å². The zero-order valence-electron chi connectivity index (χ0n) is 16.6. The molecule has 0 spiro atoms. The van der Waals surface area contributed by atoms with Crippen LogP contribution in [0.4, 0.5) is 0 Å². The maximum absolute atomic E-state index is 13.5. The fourth-order valence-corrected chi connectivity index (χ4v) is 4.77. The van der Waals surface area contributed by atoms with Crippen molar-refractivity contribution in [1.82, 2.24) is 0 Å². The Kier molecular flexibility index (Phi) is 4.41. The molecule has 0 saturated carbocycles. The molecule has 1 aromatic rings. The van der Waals surface area contributed by atoms with Gasteiger partial charge in [-0.25, -0.2) is 0 Å². The minimum Gasteiger partial charge on any atom is -0.504 e. The highest BCUT2D eigenvalue weighted by molar-refractivity contribution is 6.17. The summed E-state index contributed by atoms with van der Waals surface area (Å²) in [4.78, 5) is 26.8. The van der Waals surface area contributed by atoms with Crippen molar-refractivity contribution in [3.63, 3.8) is 0 Å². The van der Waals surface area contributed by atoms with Gasteiger partial charge in [0.1, 0.15) is 0 Å². The van der Waals surface area contributed by atoms with E-state index in [1.54, 1.807) is 32.1 Å². The van der Waals surface area contributed by atoms with Gasteiger partial charge in [0.05, 0.1) is 12.5 Å². The van der Waals surface area contributed by atoms with Gasteiger partial charge < -0.3 is 9.84 Å². The van der Waals surface area contributed by atoms with Crippen LogP contribution in [0.2, 0.25) is 0 Å². The van der Waals surface area contributed by atoms with E-state index in [2.05, 4.69) is 6.58 Å². The summed E-state index contributed by atoms with van der Waals surface area (Å²) in [7, 11) is 1.49. The van der Waals surface area contributed by atoms with E-state index in [-0.39, 0.29) is 23.2 Å². The summed E-state index contributed by atoms with van der Waals surface area (Å²) in [5.74, 6) is -0.0130. The molecule has 1 N–H and O–H groups in total. The van der Waals surface area contributed by atoms with E-state index >= 15 is 0 Å². The number of phenolic OH excluding ortho intramolecular Hbond substituents is 1. The van der Waals surface area contributed by atoms with Crippen LogP contribution >= 0.6 is 0 Å². The van der Waals surface area contributed by atoms with E-state index in [1.165, 1.54) is 7.11 Å². The third-order valence-corrected chi connectivity index (χ3v) is 6.79. The molecule has 0 radical (unpaired) electrons. The average Bonchev–Trinajstić information content (AvgIpc) is 2.66. The molecule has 0 aliphatic heterocycles. The van der Waals surface area contributed by atoms with Gasteiger partial charge in [0.2, 0.25) is 0 Å². The lowest BCUT2D eigenvalue weighted by Crippen LogP contribution is -2.57. The summed E-state index contributed by atoms with van der Waals surface area (Å²) in [6.07, 6.45) is 4.23. The highest BCUT2D eigenvalue weighted by atomic mass is 16.5. The Balaban J connectivity index is 2.31. The number of ether oxygens (including phenoxy) is 1. The summed E-state index contributed by atoms with van der Waals surface area (Å²) in [6, 6.07) is 5.15. The van der Waals surface area contributed by atoms with Gasteiger partial charge in [0.25, 0.3) is 0 Å². The van der Waals surface area contributed by atoms with Gasteiger partial charge in [0, 0.05) is 11.3 Å². The highest BCUT2D eigenvalue weighted by Gasteiger charge is 2.63. The first-order chi connectivity index (χ1) is 12.6. The second-order valence-corrected chi connectivity index (χ2v) is 7.92. The second kappa shape index (κ2) is 6.22. The van der Waals surface area contributed by atoms with Crippen LogP contribution in [0.1, 0.15) is 45.6 Å². The first-order valence-electron chi connectivity index (χ1n) is 9.10. The SMILES string of the molecule is C=CC1=CCC2(C)C(=O)C(C)=C(C)C(=O)C2(C)C1c1ccc(OC)c(O)c1. The van der Waals surface area contributed by atoms with Crippen molar-refractivity contribution < 1.29 is 19.4 Å². The van der Waals surface area contributed by atoms with Crippen LogP contribution < -0.4 is 4.74 Å². The third-order valence-electron chi connectivity index (χ3n) is 6.79. The Bertz CT molecular complexity index is 920. The standard InChI is InChI=1S/C23H26O4/c1-7-15-10-11-22(4)20(25)13(2)14(3)21(26)23(22,5)19(15)16-8-9-18(27-6)17(24)12-16/h7-10,12,19,24H,1,11H2,2-6H3. The number of allylic oxidation sites excluding steroid dienone is 5. The van der Waals surface area contributed by atoms with E-state index in [1.807, 2.05) is 26.0 Å². The van der Waals surface area contributed by atoms with Crippen LogP contribution in [0.15, 0.2) is 53.6 Å². The molecule has 1 aromatic carbocycles. The smallest absolute Gasteiger partial charge is 0.166 e. The topological polar surface area (TPSA) is 63.6 Å². The molecule has 0 amide bonds. The molecule has 3 unspecified atom stereocenters. The molecule has 2 aliphatic rings. The average molecular weight is 366 g/mol. The quantitative estimate of drug-likeness (QED) is 0.855. The molecule has 27 heavy (non-hydrogen) atoms. The van der Waals surface area contributed by atoms with Gasteiger partial charge >= 0.3 is 0 Å². The zero-order chi connectivity index (χ0) is 20.1. The molecule has 2 aliphatic carbocycles. The van der Waals surface area contributed by atoms with Crippen molar-refractivity contribution in [2.24, 2.45) is 10.8 Å². The van der Waals surface area contributed by atoms with E-state index in [9.17, 15) is 14.7 Å². The Morgan fingerprint density at radius 1 is 1.19 bits per heavy atom. The van der Waals surface area contributed by atoms with Gasteiger partial charge in [0.15, 0.2) is 23.1 Å². The maximum atomic E-state index is 13.5. The molecule has 142 valence electrons. The molecule has 0 saturated heterocycles. The number of carbonyl (C=O) groups excluding carboxylic acids is 2. The Hall–Kier alpha value is -2.62. The largest absolute Gasteiger partial charge is 0.504 e. The normalized spacial score (nSPS) is 30.7. The lowest BCUT2D eigenvalue weighted by molar-refractivity contribution is -0.147. The molecule has 4 nitrogen and oxygen atoms in total. The fraction of sp³-hybridized carbons (Fsp3) is 0.391. The fourth-order valence-electron chi connectivity index (χ4n) is 4.77. The highest BCUT2D eigenvalue weighted by Crippen LogP contribution is 2.62. The summed E-state index contributed by atoms with van der Waals surface area (Å²) in [6.45, 7) is 11.2. The van der Waals surface area contributed by atoms with Crippen molar-refractivity contribution in [1.29, 1.82) is 0 Å². The van der Waals surface area contributed by atoms with Gasteiger partial charge in [-0.2, -0.15) is 0 Å². The molecule has 4 heteroatoms. The Morgan fingerprint density at radius 2 is 1.81 bits per heavy atom. The zero-order valence-corrected chi connectivity index (χ0v) is 16.6. The molecule has 0 fully saturated rings. The molecule has 0 heterocycles. The summed E-state index contributed by atoms with van der Waals surface area (Å²) < 4.78 is 5.15. The summed E-state index contributed by atoms with van der Waals surface area (Å²) >= 11 is 0. The number of Topliss-reactive ketones (excluding diaryl/α,β-unsaturated/α-hetero) is 2. The predicted molar refractivity (Wildman–Crippen MR) is 105 cm³/mol. The van der Waals surface area contributed by atoms with Crippen molar-refractivity contribution in [2.75, 3.05) is 7.11 Å². The molecule has 0 bridgehead atoms. The number of methoxy groups -OCH3 is 1. The number of benzene rings is 1. The number of hydrogen-bond acceptors (Lipinski definition) is 4. The first kappa shape index (κ1) is 19.2. The van der Waals surface area contributed by atoms with Crippen LogP contribution in [-0.2, 0) is 9.59 Å². The molecule has 3 atom stereocenters. The van der Waals surface area contributed by atoms with Crippen LogP contribution in [0.25, 0.3) is 0 Å². The second-order valence-electron chi connectivity index (χ2n) is 7.92. The van der Waals surface area contributed by atoms with Crippen molar-refractivity contribution in [3.8, 4) is 11.5 Å². The molecule has 0 aromatic heterocycles. The van der Waals surface area contributed by atoms with E-state index in [4.69, 9.17) is 4.74 Å². The Labute approximate surface area is 160 Å². The number of hydrogen-bond donors (Lipinski definition) is 1. The van der Waals surface area contributed by atoms with Gasteiger partial charge in [-0.1, -0.05) is 38.6 Å². The first-order valence-corrected chi connectivity index (χ1v) is 9.10. The summed E-state index contributed by atoms with van der Waals surface area (Å²) in [5, 5.41) is 10.3. The monoisotopic (exact) mass is 366 g/mol. The van der Waals surface area contributed by atoms with Crippen LogP contribution in [0.5, 0.6) is 11.5 Å². The lowest BCUT2D eigenvalue weighted by atomic mass is 9.45. The number of aromatic hydroxyl groups is 1. The van der Waals surface area contributed by atoms with E-state index in [0.717, 1.165) is 11.1 Å². The van der Waals surface area contributed by atoms with Crippen LogP contribution in [0.3, 0.4) is 0 Å². The number of phenols is 1. The van der Waals surface area contributed by atoms with Crippen LogP contribution in [-0.4, -0.2) is 23.8 Å². The number of ketones is 2. The molecule has 3 rings (SSSR count). The molecular weight excluding hydrogens is 340 g/mol. The van der Waals surface area contributed by atoms with Gasteiger partial charge in [-0.05, 0) is 54.7 Å². The third kappa shape index (κ3) is 2.35. The van der Waals surface area contributed by atoms with Crippen molar-refractivity contribution in [2.45, 2.75) is 40.0 Å². The maximum Gasteiger partial charge on any atom is 0.166 e. The van der Waals surface area contributed by atoms with Crippen LogP contribution in [0, 0.1) is 10.8 Å². The molecular formula is C23H26O4. The number of fused-ring (bicyclic) bond motifs is 1. The predicted octanol–water partition coefficient (Wildman–Crippen LogP) is 4.50. The summed E-state index contributed by atoms with van der Waals surface area (Å²) in [5.41, 5.74) is 0.919. The van der Waals surface area contributed by atoms with Gasteiger partial charge in [-0.3, -0.25) is 9.59 Å². The van der Waals surface area contributed by atoms with E-state index < -0.39 is 10.8 Å². The van der Waals surface area contributed by atoms with Gasteiger partial charge in [-0.15, -0.1) is 0 Å². The number of carbonyl (C=O) groups is 2.